The minimum atomic E-state index is -0.0608. The van der Waals surface area contributed by atoms with Crippen molar-refractivity contribution in [3.8, 4) is 6.07 Å². The molecule has 2 saturated heterocycles. The molecule has 3 aliphatic rings. The molecule has 2 fully saturated rings. The summed E-state index contributed by atoms with van der Waals surface area (Å²) >= 11 is 0. The van der Waals surface area contributed by atoms with Crippen LogP contribution in [0, 0.1) is 17.2 Å². The van der Waals surface area contributed by atoms with Gasteiger partial charge in [-0.25, -0.2) is 4.98 Å². The smallest absolute Gasteiger partial charge is 0.225 e. The average molecular weight is 370 g/mol. The van der Waals surface area contributed by atoms with Gasteiger partial charge in [0.2, 0.25) is 5.91 Å². The van der Waals surface area contributed by atoms with Crippen molar-refractivity contribution in [1.82, 2.24) is 10.3 Å². The van der Waals surface area contributed by atoms with Gasteiger partial charge in [0.15, 0.2) is 0 Å². The number of aromatic nitrogens is 1. The van der Waals surface area contributed by atoms with Crippen molar-refractivity contribution in [2.75, 3.05) is 37.8 Å². The van der Waals surface area contributed by atoms with E-state index in [4.69, 9.17) is 14.5 Å². The van der Waals surface area contributed by atoms with Gasteiger partial charge in [-0.2, -0.15) is 5.26 Å². The molecule has 27 heavy (non-hydrogen) atoms. The summed E-state index contributed by atoms with van der Waals surface area (Å²) in [4.78, 5) is 19.7. The van der Waals surface area contributed by atoms with Gasteiger partial charge in [-0.05, 0) is 31.7 Å². The number of fused-ring (bicyclic) bond motifs is 1. The number of piperidine rings is 1. The Morgan fingerprint density at radius 2 is 2.11 bits per heavy atom. The minimum absolute atomic E-state index is 0.0608. The average Bonchev–Trinajstić information content (AvgIpc) is 2.73. The van der Waals surface area contributed by atoms with Crippen LogP contribution in [0.25, 0.3) is 0 Å². The molecule has 1 atom stereocenters. The predicted molar refractivity (Wildman–Crippen MR) is 99.2 cm³/mol. The van der Waals surface area contributed by atoms with Crippen LogP contribution in [0.2, 0.25) is 0 Å². The van der Waals surface area contributed by atoms with Gasteiger partial charge in [0.25, 0.3) is 0 Å². The van der Waals surface area contributed by atoms with Gasteiger partial charge in [0.05, 0.1) is 30.4 Å². The van der Waals surface area contributed by atoms with Gasteiger partial charge in [0, 0.05) is 44.3 Å². The number of nitrogens with one attached hydrogen (secondary N) is 1. The highest BCUT2D eigenvalue weighted by atomic mass is 16.5. The lowest BCUT2D eigenvalue weighted by molar-refractivity contribution is -0.126. The highest BCUT2D eigenvalue weighted by Gasteiger charge is 2.30. The molecule has 0 bridgehead atoms. The zero-order valence-corrected chi connectivity index (χ0v) is 15.6. The molecule has 1 aromatic rings. The molecule has 0 radical (unpaired) electrons. The number of ether oxygens (including phenoxy) is 2. The first-order valence-corrected chi connectivity index (χ1v) is 9.88. The fourth-order valence-corrected chi connectivity index (χ4v) is 4.14. The van der Waals surface area contributed by atoms with E-state index < -0.39 is 0 Å². The first-order valence-electron chi connectivity index (χ1n) is 9.88. The van der Waals surface area contributed by atoms with Crippen LogP contribution in [-0.2, 0) is 27.3 Å². The highest BCUT2D eigenvalue weighted by molar-refractivity contribution is 5.80. The molecular formula is C20H26N4O3. The van der Waals surface area contributed by atoms with Gasteiger partial charge >= 0.3 is 0 Å². The van der Waals surface area contributed by atoms with Crippen LogP contribution >= 0.6 is 0 Å². The lowest BCUT2D eigenvalue weighted by atomic mass is 9.95. The van der Waals surface area contributed by atoms with Crippen LogP contribution in [0.1, 0.15) is 42.5 Å². The summed E-state index contributed by atoms with van der Waals surface area (Å²) in [5.41, 5.74) is 2.60. The highest BCUT2D eigenvalue weighted by Crippen LogP contribution is 2.28. The predicted octanol–water partition coefficient (Wildman–Crippen LogP) is 1.54. The molecule has 0 spiro atoms. The number of nitrogens with zero attached hydrogens (tertiary/aromatic N) is 3. The molecule has 1 N–H and O–H groups in total. The minimum Gasteiger partial charge on any atom is -0.381 e. The van der Waals surface area contributed by atoms with E-state index in [1.54, 1.807) is 0 Å². The van der Waals surface area contributed by atoms with Crippen LogP contribution in [-0.4, -0.2) is 49.8 Å². The lowest BCUT2D eigenvalue weighted by Gasteiger charge is -2.35. The molecule has 1 unspecified atom stereocenters. The van der Waals surface area contributed by atoms with Gasteiger partial charge in [-0.3, -0.25) is 4.79 Å². The third-order valence-corrected chi connectivity index (χ3v) is 5.69. The van der Waals surface area contributed by atoms with E-state index in [0.29, 0.717) is 25.3 Å². The summed E-state index contributed by atoms with van der Waals surface area (Å²) in [5, 5.41) is 12.8. The van der Waals surface area contributed by atoms with E-state index in [1.807, 2.05) is 6.07 Å². The Morgan fingerprint density at radius 3 is 2.93 bits per heavy atom. The molecule has 7 heteroatoms. The largest absolute Gasteiger partial charge is 0.381 e. The fraction of sp³-hybridized carbons (Fsp3) is 0.650. The number of hydrogen-bond donors (Lipinski definition) is 1. The molecule has 1 aromatic heterocycles. The monoisotopic (exact) mass is 370 g/mol. The van der Waals surface area contributed by atoms with Crippen molar-refractivity contribution in [1.29, 1.82) is 5.26 Å². The summed E-state index contributed by atoms with van der Waals surface area (Å²) in [7, 11) is 0. The second kappa shape index (κ2) is 8.24. The summed E-state index contributed by atoms with van der Waals surface area (Å²) < 4.78 is 10.8. The number of anilines is 1. The number of carbonyl (C=O) groups excluding carboxylic acids is 1. The molecule has 3 aliphatic heterocycles. The SMILES string of the molecule is N#Cc1cc2c(nc1N1CCCC(C(=O)NC3CCOCC3)C1)CCOC2. The number of nitriles is 1. The zero-order valence-electron chi connectivity index (χ0n) is 15.6. The van der Waals surface area contributed by atoms with E-state index in [0.717, 1.165) is 68.9 Å². The Bertz CT molecular complexity index is 739. The van der Waals surface area contributed by atoms with Crippen molar-refractivity contribution >= 4 is 11.7 Å². The maximum atomic E-state index is 12.7. The van der Waals surface area contributed by atoms with Crippen LogP contribution in [0.5, 0.6) is 0 Å². The van der Waals surface area contributed by atoms with Crippen LogP contribution in [0.15, 0.2) is 6.07 Å². The van der Waals surface area contributed by atoms with Crippen LogP contribution in [0.4, 0.5) is 5.82 Å². The van der Waals surface area contributed by atoms with E-state index in [2.05, 4.69) is 16.3 Å². The zero-order chi connectivity index (χ0) is 18.6. The third-order valence-electron chi connectivity index (χ3n) is 5.69. The first kappa shape index (κ1) is 18.2. The van der Waals surface area contributed by atoms with Crippen LogP contribution < -0.4 is 10.2 Å². The third kappa shape index (κ3) is 4.07. The van der Waals surface area contributed by atoms with Crippen molar-refractivity contribution in [2.24, 2.45) is 5.92 Å². The van der Waals surface area contributed by atoms with E-state index in [1.165, 1.54) is 0 Å². The number of carbonyl (C=O) groups is 1. The first-order chi connectivity index (χ1) is 13.2. The number of hydrogen-bond acceptors (Lipinski definition) is 6. The standard InChI is InChI=1S/C20H26N4O3/c21-11-15-10-16-13-27-9-5-18(16)23-19(15)24-6-1-2-14(12-24)20(25)22-17-3-7-26-8-4-17/h10,14,17H,1-9,12-13H2,(H,22,25). The molecule has 4 rings (SSSR count). The van der Waals surface area contributed by atoms with E-state index >= 15 is 0 Å². The maximum absolute atomic E-state index is 12.7. The van der Waals surface area contributed by atoms with Crippen molar-refractivity contribution in [3.63, 3.8) is 0 Å². The number of pyridine rings is 1. The number of rotatable bonds is 3. The summed E-state index contributed by atoms with van der Waals surface area (Å²) in [6.07, 6.45) is 4.35. The Hall–Kier alpha value is -2.17. The van der Waals surface area contributed by atoms with Gasteiger partial charge in [-0.1, -0.05) is 0 Å². The molecule has 0 aromatic carbocycles. The quantitative estimate of drug-likeness (QED) is 0.868. The van der Waals surface area contributed by atoms with E-state index in [9.17, 15) is 10.1 Å². The van der Waals surface area contributed by atoms with Crippen molar-refractivity contribution < 1.29 is 14.3 Å². The molecular weight excluding hydrogens is 344 g/mol. The van der Waals surface area contributed by atoms with Crippen LogP contribution in [0.3, 0.4) is 0 Å². The molecule has 1 amide bonds. The normalized spacial score (nSPS) is 23.4. The Kier molecular flexibility index (Phi) is 5.55. The molecule has 0 aliphatic carbocycles. The second-order valence-corrected chi connectivity index (χ2v) is 7.56. The van der Waals surface area contributed by atoms with Gasteiger partial charge < -0.3 is 19.7 Å². The molecule has 144 valence electrons. The summed E-state index contributed by atoms with van der Waals surface area (Å²) in [6.45, 7) is 4.07. The molecule has 7 nitrogen and oxygen atoms in total. The van der Waals surface area contributed by atoms with Crippen molar-refractivity contribution in [3.05, 3.63) is 22.9 Å². The lowest BCUT2D eigenvalue weighted by Crippen LogP contribution is -2.47. The summed E-state index contributed by atoms with van der Waals surface area (Å²) in [5.74, 6) is 0.785. The Morgan fingerprint density at radius 1 is 1.26 bits per heavy atom. The van der Waals surface area contributed by atoms with E-state index in [-0.39, 0.29) is 17.9 Å². The topological polar surface area (TPSA) is 87.5 Å². The Labute approximate surface area is 159 Å². The van der Waals surface area contributed by atoms with Crippen molar-refractivity contribution in [2.45, 2.75) is 44.8 Å². The number of amides is 1. The maximum Gasteiger partial charge on any atom is 0.225 e. The second-order valence-electron chi connectivity index (χ2n) is 7.56. The van der Waals surface area contributed by atoms with Gasteiger partial charge in [-0.15, -0.1) is 0 Å². The molecule has 4 heterocycles. The molecule has 0 saturated carbocycles. The fourth-order valence-electron chi connectivity index (χ4n) is 4.14. The summed E-state index contributed by atoms with van der Waals surface area (Å²) in [6, 6.07) is 4.40. The Balaban J connectivity index is 1.48. The van der Waals surface area contributed by atoms with Gasteiger partial charge in [0.1, 0.15) is 11.9 Å².